The molecule has 0 unspecified atom stereocenters. The molecule has 0 fully saturated rings. The van der Waals surface area contributed by atoms with Gasteiger partial charge in [-0.05, 0) is 48.7 Å². The van der Waals surface area contributed by atoms with Gasteiger partial charge in [-0.3, -0.25) is 4.79 Å². The van der Waals surface area contributed by atoms with Gasteiger partial charge < -0.3 is 10.1 Å². The molecule has 0 bridgehead atoms. The maximum Gasteiger partial charge on any atom is 0.255 e. The number of hydrogen-bond donors (Lipinski definition) is 1. The van der Waals surface area contributed by atoms with E-state index < -0.39 is 9.84 Å². The molecule has 2 rings (SSSR count). The Labute approximate surface area is 142 Å². The Morgan fingerprint density at radius 3 is 2.46 bits per heavy atom. The van der Waals surface area contributed by atoms with Crippen LogP contribution in [0.5, 0.6) is 5.75 Å². The number of ether oxygens (including phenoxy) is 1. The van der Waals surface area contributed by atoms with Gasteiger partial charge in [0, 0.05) is 17.5 Å². The Bertz CT molecular complexity index is 873. The van der Waals surface area contributed by atoms with E-state index in [0.29, 0.717) is 0 Å². The van der Waals surface area contributed by atoms with Crippen molar-refractivity contribution in [2.24, 2.45) is 0 Å². The highest BCUT2D eigenvalue weighted by Crippen LogP contribution is 2.26. The van der Waals surface area contributed by atoms with Crippen molar-refractivity contribution in [2.75, 3.05) is 18.7 Å². The molecule has 2 aromatic carbocycles. The fraction of sp³-hybridized carbons (Fsp3) is 0.278. The highest BCUT2D eigenvalue weighted by Gasteiger charge is 2.18. The lowest BCUT2D eigenvalue weighted by Gasteiger charge is -2.12. The first-order chi connectivity index (χ1) is 11.3. The van der Waals surface area contributed by atoms with Crippen LogP contribution in [0.15, 0.2) is 41.3 Å². The van der Waals surface area contributed by atoms with Crippen molar-refractivity contribution < 1.29 is 17.9 Å². The second kappa shape index (κ2) is 7.05. The molecule has 0 aliphatic heterocycles. The van der Waals surface area contributed by atoms with Gasteiger partial charge in [-0.25, -0.2) is 8.42 Å². The van der Waals surface area contributed by atoms with Gasteiger partial charge in [0.25, 0.3) is 5.91 Å². The van der Waals surface area contributed by atoms with Crippen LogP contribution in [-0.4, -0.2) is 27.7 Å². The number of methoxy groups -OCH3 is 1. The van der Waals surface area contributed by atoms with E-state index in [1.165, 1.54) is 19.2 Å². The molecule has 0 aromatic heterocycles. The molecular weight excluding hydrogens is 326 g/mol. The van der Waals surface area contributed by atoms with Gasteiger partial charge in [-0.2, -0.15) is 0 Å². The maximum absolute atomic E-state index is 12.5. The van der Waals surface area contributed by atoms with Crippen molar-refractivity contribution in [2.45, 2.75) is 25.2 Å². The predicted molar refractivity (Wildman–Crippen MR) is 94.6 cm³/mol. The zero-order chi connectivity index (χ0) is 17.9. The monoisotopic (exact) mass is 347 g/mol. The van der Waals surface area contributed by atoms with Crippen molar-refractivity contribution in [3.63, 3.8) is 0 Å². The largest absolute Gasteiger partial charge is 0.495 e. The van der Waals surface area contributed by atoms with Crippen LogP contribution in [-0.2, 0) is 16.3 Å². The topological polar surface area (TPSA) is 72.5 Å². The van der Waals surface area contributed by atoms with Crippen LogP contribution in [0.25, 0.3) is 0 Å². The van der Waals surface area contributed by atoms with Crippen molar-refractivity contribution in [1.29, 1.82) is 0 Å². The van der Waals surface area contributed by atoms with E-state index in [9.17, 15) is 13.2 Å². The van der Waals surface area contributed by atoms with Crippen LogP contribution in [0.2, 0.25) is 0 Å². The fourth-order valence-corrected chi connectivity index (χ4v) is 3.18. The van der Waals surface area contributed by atoms with Gasteiger partial charge in [0.2, 0.25) is 0 Å². The second-order valence-corrected chi connectivity index (χ2v) is 7.58. The minimum absolute atomic E-state index is 0.00307. The van der Waals surface area contributed by atoms with Crippen molar-refractivity contribution in [3.8, 4) is 5.75 Å². The van der Waals surface area contributed by atoms with Crippen LogP contribution in [0.1, 0.15) is 28.4 Å². The number of sulfone groups is 1. The smallest absolute Gasteiger partial charge is 0.255 e. The van der Waals surface area contributed by atoms with Crippen molar-refractivity contribution >= 4 is 21.4 Å². The summed E-state index contributed by atoms with van der Waals surface area (Å²) in [6.45, 7) is 3.95. The van der Waals surface area contributed by atoms with E-state index in [1.54, 1.807) is 6.07 Å². The SMILES string of the molecule is CCc1ccc(C)c(NC(=O)c2ccc(OC)c(S(C)(=O)=O)c2)c1. The molecule has 24 heavy (non-hydrogen) atoms. The Balaban J connectivity index is 2.37. The maximum atomic E-state index is 12.5. The Kier molecular flexibility index (Phi) is 5.29. The fourth-order valence-electron chi connectivity index (χ4n) is 2.33. The molecule has 0 aliphatic rings. The van der Waals surface area contributed by atoms with Crippen molar-refractivity contribution in [3.05, 3.63) is 53.1 Å². The van der Waals surface area contributed by atoms with Gasteiger partial charge in [-0.15, -0.1) is 0 Å². The Hall–Kier alpha value is -2.34. The summed E-state index contributed by atoms with van der Waals surface area (Å²) in [7, 11) is -2.11. The Morgan fingerprint density at radius 1 is 1.17 bits per heavy atom. The number of aryl methyl sites for hydroxylation is 2. The lowest BCUT2D eigenvalue weighted by atomic mass is 10.1. The third-order valence-corrected chi connectivity index (χ3v) is 4.90. The molecule has 6 heteroatoms. The lowest BCUT2D eigenvalue weighted by Crippen LogP contribution is -2.14. The van der Waals surface area contributed by atoms with Gasteiger partial charge in [0.15, 0.2) is 9.84 Å². The van der Waals surface area contributed by atoms with E-state index in [4.69, 9.17) is 4.74 Å². The summed E-state index contributed by atoms with van der Waals surface area (Å²) in [5.74, 6) is -0.142. The van der Waals surface area contributed by atoms with Gasteiger partial charge in [-0.1, -0.05) is 19.1 Å². The summed E-state index contributed by atoms with van der Waals surface area (Å²) in [5.41, 5.74) is 3.04. The Morgan fingerprint density at radius 2 is 1.88 bits per heavy atom. The number of carbonyl (C=O) groups excluding carboxylic acids is 1. The summed E-state index contributed by atoms with van der Waals surface area (Å²) >= 11 is 0. The molecule has 0 saturated heterocycles. The van der Waals surface area contributed by atoms with Crippen LogP contribution < -0.4 is 10.1 Å². The molecule has 0 heterocycles. The minimum atomic E-state index is -3.50. The number of amides is 1. The average Bonchev–Trinajstić information content (AvgIpc) is 2.55. The first-order valence-corrected chi connectivity index (χ1v) is 9.44. The van der Waals surface area contributed by atoms with E-state index in [0.717, 1.165) is 29.5 Å². The van der Waals surface area contributed by atoms with E-state index in [1.807, 2.05) is 32.0 Å². The normalized spacial score (nSPS) is 11.2. The molecule has 0 saturated carbocycles. The van der Waals surface area contributed by atoms with Crippen LogP contribution >= 0.6 is 0 Å². The third-order valence-electron chi connectivity index (χ3n) is 3.78. The summed E-state index contributed by atoms with van der Waals surface area (Å²) in [5, 5.41) is 2.84. The van der Waals surface area contributed by atoms with E-state index >= 15 is 0 Å². The zero-order valence-electron chi connectivity index (χ0n) is 14.2. The summed E-state index contributed by atoms with van der Waals surface area (Å²) in [6, 6.07) is 10.3. The minimum Gasteiger partial charge on any atom is -0.495 e. The first-order valence-electron chi connectivity index (χ1n) is 7.55. The molecular formula is C18H21NO4S. The number of rotatable bonds is 5. The van der Waals surface area contributed by atoms with Crippen molar-refractivity contribution in [1.82, 2.24) is 0 Å². The zero-order valence-corrected chi connectivity index (χ0v) is 15.0. The number of benzene rings is 2. The van der Waals surface area contributed by atoms with Crippen LogP contribution in [0.3, 0.4) is 0 Å². The second-order valence-electron chi connectivity index (χ2n) is 5.59. The lowest BCUT2D eigenvalue weighted by molar-refractivity contribution is 0.102. The predicted octanol–water partition coefficient (Wildman–Crippen LogP) is 3.22. The summed E-state index contributed by atoms with van der Waals surface area (Å²) in [6.07, 6.45) is 1.95. The average molecular weight is 347 g/mol. The number of anilines is 1. The molecule has 5 nitrogen and oxygen atoms in total. The molecule has 128 valence electrons. The van der Waals surface area contributed by atoms with Crippen LogP contribution in [0.4, 0.5) is 5.69 Å². The molecule has 2 aromatic rings. The van der Waals surface area contributed by atoms with E-state index in [-0.39, 0.29) is 22.1 Å². The van der Waals surface area contributed by atoms with Gasteiger partial charge >= 0.3 is 0 Å². The quantitative estimate of drug-likeness (QED) is 0.901. The molecule has 0 radical (unpaired) electrons. The first kappa shape index (κ1) is 18.0. The molecule has 0 aliphatic carbocycles. The van der Waals surface area contributed by atoms with Crippen LogP contribution in [0, 0.1) is 6.92 Å². The number of hydrogen-bond acceptors (Lipinski definition) is 4. The standard InChI is InChI=1S/C18H21NO4S/c1-5-13-7-6-12(2)15(10-13)19-18(20)14-8-9-16(23-3)17(11-14)24(4,21)22/h6-11H,5H2,1-4H3,(H,19,20). The third kappa shape index (κ3) is 3.94. The van der Waals surface area contributed by atoms with Gasteiger partial charge in [0.05, 0.1) is 7.11 Å². The van der Waals surface area contributed by atoms with Gasteiger partial charge in [0.1, 0.15) is 10.6 Å². The molecule has 1 amide bonds. The van der Waals surface area contributed by atoms with E-state index in [2.05, 4.69) is 5.32 Å². The summed E-state index contributed by atoms with van der Waals surface area (Å²) in [4.78, 5) is 12.5. The molecule has 0 spiro atoms. The summed E-state index contributed by atoms with van der Waals surface area (Å²) < 4.78 is 28.8. The highest BCUT2D eigenvalue weighted by atomic mass is 32.2. The highest BCUT2D eigenvalue weighted by molar-refractivity contribution is 7.90. The molecule has 0 atom stereocenters. The molecule has 1 N–H and O–H groups in total. The number of carbonyl (C=O) groups is 1. The number of nitrogens with one attached hydrogen (secondary N) is 1.